The Morgan fingerprint density at radius 1 is 1.39 bits per heavy atom. The third kappa shape index (κ3) is 6.04. The van der Waals surface area contributed by atoms with E-state index < -0.39 is 0 Å². The Labute approximate surface area is 114 Å². The van der Waals surface area contributed by atoms with Crippen molar-refractivity contribution in [1.29, 1.82) is 0 Å². The van der Waals surface area contributed by atoms with Gasteiger partial charge in [-0.05, 0) is 57.0 Å². The molecule has 0 fully saturated rings. The Hall–Kier alpha value is -0.300. The zero-order chi connectivity index (χ0) is 13.4. The average molecular weight is 251 g/mol. The average Bonchev–Trinajstić information content (AvgIpc) is 2.32. The molecule has 1 N–H and O–H groups in total. The van der Waals surface area contributed by atoms with Crippen LogP contribution in [0.1, 0.15) is 66.2 Å². The predicted molar refractivity (Wildman–Crippen MR) is 81.8 cm³/mol. The van der Waals surface area contributed by atoms with Crippen LogP contribution in [0.15, 0.2) is 11.6 Å². The summed E-state index contributed by atoms with van der Waals surface area (Å²) in [6, 6.07) is 0. The lowest BCUT2D eigenvalue weighted by molar-refractivity contribution is 0.352. The van der Waals surface area contributed by atoms with E-state index in [1.54, 1.807) is 5.57 Å². The SMILES string of the molecule is CCCCC(CC)CNCC1CC(C)=CC(C)C1. The Balaban J connectivity index is 2.18. The molecule has 0 spiro atoms. The van der Waals surface area contributed by atoms with Crippen molar-refractivity contribution in [2.75, 3.05) is 13.1 Å². The molecule has 0 aromatic heterocycles. The predicted octanol–water partition coefficient (Wildman–Crippen LogP) is 4.78. The van der Waals surface area contributed by atoms with E-state index in [9.17, 15) is 0 Å². The van der Waals surface area contributed by atoms with Gasteiger partial charge < -0.3 is 5.32 Å². The van der Waals surface area contributed by atoms with Crippen LogP contribution in [0.4, 0.5) is 0 Å². The van der Waals surface area contributed by atoms with Gasteiger partial charge in [0.05, 0.1) is 0 Å². The molecule has 1 rings (SSSR count). The molecule has 0 aliphatic heterocycles. The molecule has 1 aliphatic rings. The van der Waals surface area contributed by atoms with Crippen LogP contribution in [-0.2, 0) is 0 Å². The largest absolute Gasteiger partial charge is 0.316 e. The van der Waals surface area contributed by atoms with Gasteiger partial charge in [0.1, 0.15) is 0 Å². The number of allylic oxidation sites excluding steroid dienone is 2. The Morgan fingerprint density at radius 3 is 2.78 bits per heavy atom. The second kappa shape index (κ2) is 8.74. The van der Waals surface area contributed by atoms with Crippen LogP contribution in [0.3, 0.4) is 0 Å². The second-order valence-corrected chi connectivity index (χ2v) is 6.37. The Bertz CT molecular complexity index is 244. The molecule has 0 bridgehead atoms. The Morgan fingerprint density at radius 2 is 2.17 bits per heavy atom. The summed E-state index contributed by atoms with van der Waals surface area (Å²) in [5, 5.41) is 3.73. The Kier molecular flexibility index (Phi) is 7.65. The van der Waals surface area contributed by atoms with Crippen LogP contribution in [0.5, 0.6) is 0 Å². The summed E-state index contributed by atoms with van der Waals surface area (Å²) in [7, 11) is 0. The number of nitrogens with one attached hydrogen (secondary N) is 1. The summed E-state index contributed by atoms with van der Waals surface area (Å²) in [6.07, 6.45) is 10.6. The molecule has 1 heteroatoms. The van der Waals surface area contributed by atoms with Gasteiger partial charge in [-0.3, -0.25) is 0 Å². The molecule has 1 nitrogen and oxygen atoms in total. The van der Waals surface area contributed by atoms with E-state index in [2.05, 4.69) is 39.1 Å². The molecule has 1 aliphatic carbocycles. The number of rotatable bonds is 8. The van der Waals surface area contributed by atoms with Gasteiger partial charge in [0.15, 0.2) is 0 Å². The highest BCUT2D eigenvalue weighted by molar-refractivity contribution is 5.06. The van der Waals surface area contributed by atoms with Crippen molar-refractivity contribution in [2.45, 2.75) is 66.2 Å². The molecule has 3 unspecified atom stereocenters. The molecule has 0 radical (unpaired) electrons. The third-order valence-corrected chi connectivity index (χ3v) is 4.29. The van der Waals surface area contributed by atoms with Crippen molar-refractivity contribution in [3.63, 3.8) is 0 Å². The van der Waals surface area contributed by atoms with E-state index in [0.717, 1.165) is 17.8 Å². The lowest BCUT2D eigenvalue weighted by atomic mass is 9.83. The molecule has 0 amide bonds. The van der Waals surface area contributed by atoms with E-state index in [-0.39, 0.29) is 0 Å². The van der Waals surface area contributed by atoms with Crippen LogP contribution in [0, 0.1) is 17.8 Å². The van der Waals surface area contributed by atoms with E-state index in [4.69, 9.17) is 0 Å². The van der Waals surface area contributed by atoms with E-state index >= 15 is 0 Å². The minimum atomic E-state index is 0.785. The molecule has 0 saturated carbocycles. The fourth-order valence-corrected chi connectivity index (χ4v) is 3.28. The highest BCUT2D eigenvalue weighted by Crippen LogP contribution is 2.27. The monoisotopic (exact) mass is 251 g/mol. The molecule has 0 aromatic carbocycles. The van der Waals surface area contributed by atoms with Crippen LogP contribution in [0.2, 0.25) is 0 Å². The molecular formula is C17H33N. The summed E-state index contributed by atoms with van der Waals surface area (Å²) in [5.41, 5.74) is 1.60. The molecule has 0 saturated heterocycles. The van der Waals surface area contributed by atoms with Gasteiger partial charge in [-0.2, -0.15) is 0 Å². The molecule has 3 atom stereocenters. The van der Waals surface area contributed by atoms with Gasteiger partial charge in [0.25, 0.3) is 0 Å². The van der Waals surface area contributed by atoms with Crippen molar-refractivity contribution >= 4 is 0 Å². The van der Waals surface area contributed by atoms with Gasteiger partial charge in [-0.15, -0.1) is 0 Å². The van der Waals surface area contributed by atoms with Crippen molar-refractivity contribution in [1.82, 2.24) is 5.32 Å². The van der Waals surface area contributed by atoms with Gasteiger partial charge in [-0.25, -0.2) is 0 Å². The highest BCUT2D eigenvalue weighted by Gasteiger charge is 2.17. The summed E-state index contributed by atoms with van der Waals surface area (Å²) in [6.45, 7) is 11.7. The van der Waals surface area contributed by atoms with Crippen LogP contribution < -0.4 is 5.32 Å². The van der Waals surface area contributed by atoms with E-state index in [0.29, 0.717) is 0 Å². The van der Waals surface area contributed by atoms with Gasteiger partial charge in [-0.1, -0.05) is 51.7 Å². The zero-order valence-electron chi connectivity index (χ0n) is 13.0. The topological polar surface area (TPSA) is 12.0 Å². The second-order valence-electron chi connectivity index (χ2n) is 6.37. The van der Waals surface area contributed by atoms with Crippen LogP contribution >= 0.6 is 0 Å². The van der Waals surface area contributed by atoms with Crippen LogP contribution in [0.25, 0.3) is 0 Å². The van der Waals surface area contributed by atoms with Gasteiger partial charge >= 0.3 is 0 Å². The maximum atomic E-state index is 3.73. The lowest BCUT2D eigenvalue weighted by Gasteiger charge is -2.26. The first-order valence-corrected chi connectivity index (χ1v) is 8.03. The first-order valence-electron chi connectivity index (χ1n) is 8.03. The normalized spacial score (nSPS) is 25.9. The van der Waals surface area contributed by atoms with Crippen LogP contribution in [-0.4, -0.2) is 13.1 Å². The van der Waals surface area contributed by atoms with Crippen molar-refractivity contribution in [2.24, 2.45) is 17.8 Å². The zero-order valence-corrected chi connectivity index (χ0v) is 13.0. The molecule has 0 heterocycles. The van der Waals surface area contributed by atoms with E-state index in [1.165, 1.54) is 51.6 Å². The molecular weight excluding hydrogens is 218 g/mol. The maximum absolute atomic E-state index is 3.73. The summed E-state index contributed by atoms with van der Waals surface area (Å²) in [5.74, 6) is 2.55. The summed E-state index contributed by atoms with van der Waals surface area (Å²) in [4.78, 5) is 0. The smallest absolute Gasteiger partial charge is 0.00171 e. The van der Waals surface area contributed by atoms with E-state index in [1.807, 2.05) is 0 Å². The lowest BCUT2D eigenvalue weighted by Crippen LogP contribution is -2.30. The number of unbranched alkanes of at least 4 members (excludes halogenated alkanes) is 1. The third-order valence-electron chi connectivity index (χ3n) is 4.29. The van der Waals surface area contributed by atoms with Crippen molar-refractivity contribution in [3.8, 4) is 0 Å². The fourth-order valence-electron chi connectivity index (χ4n) is 3.28. The molecule has 106 valence electrons. The summed E-state index contributed by atoms with van der Waals surface area (Å²) < 4.78 is 0. The maximum Gasteiger partial charge on any atom is -0.00171 e. The van der Waals surface area contributed by atoms with Gasteiger partial charge in [0, 0.05) is 0 Å². The molecule has 18 heavy (non-hydrogen) atoms. The molecule has 0 aromatic rings. The number of hydrogen-bond donors (Lipinski definition) is 1. The first kappa shape index (κ1) is 15.8. The minimum Gasteiger partial charge on any atom is -0.316 e. The number of hydrogen-bond acceptors (Lipinski definition) is 1. The van der Waals surface area contributed by atoms with Crippen molar-refractivity contribution in [3.05, 3.63) is 11.6 Å². The first-order chi connectivity index (χ1) is 8.65. The summed E-state index contributed by atoms with van der Waals surface area (Å²) >= 11 is 0. The fraction of sp³-hybridized carbons (Fsp3) is 0.882. The quantitative estimate of drug-likeness (QED) is 0.612. The van der Waals surface area contributed by atoms with Crippen molar-refractivity contribution < 1.29 is 0 Å². The van der Waals surface area contributed by atoms with Gasteiger partial charge in [0.2, 0.25) is 0 Å². The highest BCUT2D eigenvalue weighted by atomic mass is 14.9. The minimum absolute atomic E-state index is 0.785. The standard InChI is InChI=1S/C17H33N/c1-5-7-8-16(6-2)12-18-13-17-10-14(3)9-15(4)11-17/h9,14,16-18H,5-8,10-13H2,1-4H3.